The van der Waals surface area contributed by atoms with Crippen LogP contribution in [-0.2, 0) is 28.4 Å². The quantitative estimate of drug-likeness (QED) is 0.654. The molecule has 0 spiro atoms. The van der Waals surface area contributed by atoms with Crippen molar-refractivity contribution in [2.45, 2.75) is 75.0 Å². The van der Waals surface area contributed by atoms with Crippen molar-refractivity contribution < 1.29 is 14.1 Å². The number of pyridine rings is 1. The van der Waals surface area contributed by atoms with Crippen LogP contribution in [0.15, 0.2) is 14.8 Å². The van der Waals surface area contributed by atoms with Gasteiger partial charge in [-0.15, -0.1) is 15.7 Å². The summed E-state index contributed by atoms with van der Waals surface area (Å²) in [5.41, 5.74) is 3.67. The maximum absolute atomic E-state index is 12.9. The Morgan fingerprint density at radius 2 is 2.10 bits per heavy atom. The highest BCUT2D eigenvalue weighted by molar-refractivity contribution is 7.93. The molecule has 0 bridgehead atoms. The minimum absolute atomic E-state index is 0.154. The van der Waals surface area contributed by atoms with E-state index in [9.17, 15) is 14.1 Å². The van der Waals surface area contributed by atoms with Gasteiger partial charge in [0.05, 0.1) is 11.9 Å². The first-order valence-corrected chi connectivity index (χ1v) is 12.5. The van der Waals surface area contributed by atoms with Gasteiger partial charge in [0, 0.05) is 17.3 Å². The molecule has 0 unspecified atom stereocenters. The van der Waals surface area contributed by atoms with Gasteiger partial charge in [0.25, 0.3) is 0 Å². The first-order valence-electron chi connectivity index (χ1n) is 10.1. The van der Waals surface area contributed by atoms with Crippen LogP contribution in [0, 0.1) is 6.92 Å². The Morgan fingerprint density at radius 1 is 1.37 bits per heavy atom. The fraction of sp³-hybridized carbons (Fsp3) is 0.550. The molecule has 162 valence electrons. The van der Waals surface area contributed by atoms with Crippen LogP contribution in [-0.4, -0.2) is 25.3 Å². The number of urea groups is 1. The molecule has 2 amide bonds. The van der Waals surface area contributed by atoms with Gasteiger partial charge in [-0.2, -0.15) is 0 Å². The molecular formula is C20H27N5O3S2. The molecule has 0 aromatic carbocycles. The maximum Gasteiger partial charge on any atom is 0.354 e. The number of hydrogen-bond acceptors (Lipinski definition) is 6. The maximum atomic E-state index is 12.9. The summed E-state index contributed by atoms with van der Waals surface area (Å²) in [6.07, 6.45) is 7.52. The Morgan fingerprint density at radius 3 is 2.70 bits per heavy atom. The lowest BCUT2D eigenvalue weighted by Gasteiger charge is -2.28. The second-order valence-corrected chi connectivity index (χ2v) is 11.6. The molecule has 8 nitrogen and oxygen atoms in total. The molecule has 2 aliphatic rings. The van der Waals surface area contributed by atoms with Crippen LogP contribution in [0.1, 0.15) is 73.0 Å². The first-order chi connectivity index (χ1) is 14.1. The van der Waals surface area contributed by atoms with Crippen LogP contribution in [0.4, 0.5) is 10.5 Å². The number of nitrogens with one attached hydrogen (secondary N) is 1. The zero-order chi connectivity index (χ0) is 21.7. The molecule has 1 saturated carbocycles. The second kappa shape index (κ2) is 7.67. The third-order valence-corrected chi connectivity index (χ3v) is 8.93. The monoisotopic (exact) mass is 449 g/mol. The summed E-state index contributed by atoms with van der Waals surface area (Å²) in [6, 6.07) is -0.747. The van der Waals surface area contributed by atoms with Crippen molar-refractivity contribution in [2.24, 2.45) is 9.50 Å². The van der Waals surface area contributed by atoms with Crippen molar-refractivity contribution in [1.29, 1.82) is 0 Å². The number of carbonyl (C=O) groups excluding carboxylic acids is 1. The van der Waals surface area contributed by atoms with Gasteiger partial charge in [-0.1, -0.05) is 6.42 Å². The average molecular weight is 450 g/mol. The van der Waals surface area contributed by atoms with Gasteiger partial charge < -0.3 is 10.4 Å². The second-order valence-electron chi connectivity index (χ2n) is 8.54. The zero-order valence-electron chi connectivity index (χ0n) is 17.4. The van der Waals surface area contributed by atoms with Crippen molar-refractivity contribution in [1.82, 2.24) is 9.97 Å². The van der Waals surface area contributed by atoms with Gasteiger partial charge in [-0.25, -0.2) is 19.1 Å². The zero-order valence-corrected chi connectivity index (χ0v) is 19.0. The molecule has 1 fully saturated rings. The molecule has 30 heavy (non-hydrogen) atoms. The molecule has 4 rings (SSSR count). The minimum atomic E-state index is -3.47. The van der Waals surface area contributed by atoms with E-state index >= 15 is 0 Å². The SMILES string of the molecule is Cc1c(C2CCC2)nc2c(c1NC(=O)N=[S@](N)(=O)c1cnc(C(C)(C)O)s1)CCC2. The Balaban J connectivity index is 1.65. The van der Waals surface area contributed by atoms with E-state index in [-0.39, 0.29) is 4.21 Å². The highest BCUT2D eigenvalue weighted by Gasteiger charge is 2.29. The lowest BCUT2D eigenvalue weighted by atomic mass is 9.80. The van der Waals surface area contributed by atoms with Crippen LogP contribution in [0.25, 0.3) is 0 Å². The molecule has 2 aromatic heterocycles. The van der Waals surface area contributed by atoms with E-state index in [0.717, 1.165) is 71.6 Å². The van der Waals surface area contributed by atoms with Crippen molar-refractivity contribution >= 4 is 33.0 Å². The van der Waals surface area contributed by atoms with Crippen molar-refractivity contribution in [3.63, 3.8) is 0 Å². The van der Waals surface area contributed by atoms with Gasteiger partial charge in [0.15, 0.2) is 9.92 Å². The number of fused-ring (bicyclic) bond motifs is 1. The number of rotatable bonds is 4. The van der Waals surface area contributed by atoms with Crippen LogP contribution < -0.4 is 10.5 Å². The molecule has 4 N–H and O–H groups in total. The van der Waals surface area contributed by atoms with E-state index in [4.69, 9.17) is 10.1 Å². The van der Waals surface area contributed by atoms with Crippen molar-refractivity contribution in [2.75, 3.05) is 5.32 Å². The summed E-state index contributed by atoms with van der Waals surface area (Å²) in [5.74, 6) is 0.444. The van der Waals surface area contributed by atoms with Crippen LogP contribution >= 0.6 is 11.3 Å². The number of carbonyl (C=O) groups is 1. The lowest BCUT2D eigenvalue weighted by molar-refractivity contribution is 0.0783. The Hall–Kier alpha value is -1.88. The fourth-order valence-corrected chi connectivity index (χ4v) is 5.99. The average Bonchev–Trinajstić information content (AvgIpc) is 3.25. The molecule has 0 saturated heterocycles. The van der Waals surface area contributed by atoms with E-state index < -0.39 is 21.5 Å². The number of amides is 2. The van der Waals surface area contributed by atoms with E-state index in [2.05, 4.69) is 14.7 Å². The van der Waals surface area contributed by atoms with Gasteiger partial charge in [0.2, 0.25) is 0 Å². The summed E-state index contributed by atoms with van der Waals surface area (Å²) in [6.45, 7) is 5.13. The Labute approximate surface area is 180 Å². The van der Waals surface area contributed by atoms with Crippen LogP contribution in [0.5, 0.6) is 0 Å². The van der Waals surface area contributed by atoms with Crippen LogP contribution in [0.2, 0.25) is 0 Å². The Bertz CT molecular complexity index is 1120. The third-order valence-electron chi connectivity index (χ3n) is 5.74. The summed E-state index contributed by atoms with van der Waals surface area (Å²) >= 11 is 0.990. The molecule has 1 atom stereocenters. The summed E-state index contributed by atoms with van der Waals surface area (Å²) < 4.78 is 16.8. The summed E-state index contributed by atoms with van der Waals surface area (Å²) in [5, 5.41) is 19.2. The molecule has 0 radical (unpaired) electrons. The smallest absolute Gasteiger partial charge is 0.354 e. The van der Waals surface area contributed by atoms with E-state index in [0.29, 0.717) is 10.9 Å². The van der Waals surface area contributed by atoms with E-state index in [1.807, 2.05) is 6.92 Å². The number of aliphatic hydroxyl groups is 1. The van der Waals surface area contributed by atoms with Gasteiger partial charge >= 0.3 is 6.03 Å². The largest absolute Gasteiger partial charge is 0.383 e. The van der Waals surface area contributed by atoms with Crippen LogP contribution in [0.3, 0.4) is 0 Å². The number of aromatic nitrogens is 2. The predicted octanol–water partition coefficient (Wildman–Crippen LogP) is 3.76. The fourth-order valence-electron chi connectivity index (χ4n) is 3.93. The number of anilines is 1. The molecule has 2 aromatic rings. The van der Waals surface area contributed by atoms with Gasteiger partial charge in [0.1, 0.15) is 14.8 Å². The standard InChI is InChI=1S/C20H27N5O3S2/c1-11-16(12-6-4-7-12)23-14-9-5-8-13(14)17(11)24-19(26)25-30(21,28)15-10-22-18(29-15)20(2,3)27/h10,12,27H,4-9H2,1-3H3,(H3,21,23,24,25,26,28)/t30-/m0/s1. The Kier molecular flexibility index (Phi) is 5.46. The summed E-state index contributed by atoms with van der Waals surface area (Å²) in [4.78, 5) is 21.7. The number of thiazole rings is 1. The van der Waals surface area contributed by atoms with E-state index in [1.165, 1.54) is 12.6 Å². The van der Waals surface area contributed by atoms with Crippen molar-refractivity contribution in [3.05, 3.63) is 33.7 Å². The molecule has 10 heteroatoms. The molecule has 2 aliphatic carbocycles. The first kappa shape index (κ1) is 21.4. The molecular weight excluding hydrogens is 422 g/mol. The third kappa shape index (κ3) is 4.01. The number of nitrogens with zero attached hydrogens (tertiary/aromatic N) is 3. The highest BCUT2D eigenvalue weighted by Crippen LogP contribution is 2.41. The van der Waals surface area contributed by atoms with Gasteiger partial charge in [-0.3, -0.25) is 4.98 Å². The predicted molar refractivity (Wildman–Crippen MR) is 117 cm³/mol. The topological polar surface area (TPSA) is 131 Å². The molecule has 2 heterocycles. The normalized spacial score (nSPS) is 18.4. The van der Waals surface area contributed by atoms with Gasteiger partial charge in [-0.05, 0) is 64.0 Å². The summed E-state index contributed by atoms with van der Waals surface area (Å²) in [7, 11) is -3.47. The molecule has 0 aliphatic heterocycles. The lowest BCUT2D eigenvalue weighted by Crippen LogP contribution is -2.20. The van der Waals surface area contributed by atoms with E-state index in [1.54, 1.807) is 13.8 Å². The van der Waals surface area contributed by atoms with Crippen molar-refractivity contribution in [3.8, 4) is 0 Å². The minimum Gasteiger partial charge on any atom is -0.383 e. The number of hydrogen-bond donors (Lipinski definition) is 3. The number of nitrogens with two attached hydrogens (primary N) is 1. The highest BCUT2D eigenvalue weighted by atomic mass is 32.2. The number of aryl methyl sites for hydroxylation is 1.